The van der Waals surface area contributed by atoms with E-state index in [0.29, 0.717) is 5.82 Å². The van der Waals surface area contributed by atoms with E-state index in [1.807, 2.05) is 42.7 Å². The lowest BCUT2D eigenvalue weighted by molar-refractivity contribution is 1.18. The van der Waals surface area contributed by atoms with Gasteiger partial charge < -0.3 is 0 Å². The molecule has 54 heavy (non-hydrogen) atoms. The maximum Gasteiger partial charge on any atom is 0.160 e. The quantitative estimate of drug-likeness (QED) is 0.129. The zero-order valence-electron chi connectivity index (χ0n) is 29.4. The van der Waals surface area contributed by atoms with Crippen LogP contribution in [0.1, 0.15) is 0 Å². The Balaban J connectivity index is 1.02. The zero-order valence-corrected chi connectivity index (χ0v) is 29.4. The number of fused-ring (bicyclic) bond motifs is 4. The van der Waals surface area contributed by atoms with Crippen LogP contribution < -0.4 is 0 Å². The van der Waals surface area contributed by atoms with Crippen molar-refractivity contribution in [2.45, 2.75) is 0 Å². The molecule has 0 fully saturated rings. The van der Waals surface area contributed by atoms with Gasteiger partial charge in [0.25, 0.3) is 0 Å². The van der Waals surface area contributed by atoms with E-state index in [4.69, 9.17) is 9.97 Å². The van der Waals surface area contributed by atoms with Crippen LogP contribution in [0, 0.1) is 0 Å². The Hall–Kier alpha value is -7.23. The fraction of sp³-hybridized carbons (Fsp3) is 0. The van der Waals surface area contributed by atoms with Crippen LogP contribution in [0.2, 0.25) is 0 Å². The number of benzene rings is 8. The summed E-state index contributed by atoms with van der Waals surface area (Å²) in [4.78, 5) is 14.3. The minimum Gasteiger partial charge on any atom is -0.265 e. The molecule has 0 aliphatic carbocycles. The Morgan fingerprint density at radius 3 is 1.61 bits per heavy atom. The second-order valence-corrected chi connectivity index (χ2v) is 13.7. The van der Waals surface area contributed by atoms with Gasteiger partial charge in [-0.25, -0.2) is 9.97 Å². The molecule has 0 atom stereocenters. The van der Waals surface area contributed by atoms with Crippen molar-refractivity contribution >= 4 is 32.3 Å². The van der Waals surface area contributed by atoms with E-state index in [9.17, 15) is 0 Å². The molecule has 2 heterocycles. The van der Waals surface area contributed by atoms with Crippen molar-refractivity contribution in [2.75, 3.05) is 0 Å². The molecule has 0 N–H and O–H groups in total. The molecule has 0 aliphatic heterocycles. The Bertz CT molecular complexity index is 2950. The summed E-state index contributed by atoms with van der Waals surface area (Å²) < 4.78 is 0. The normalized spacial score (nSPS) is 11.3. The summed E-state index contributed by atoms with van der Waals surface area (Å²) in [6.07, 6.45) is 3.65. The van der Waals surface area contributed by atoms with Gasteiger partial charge in [-0.1, -0.05) is 158 Å². The maximum atomic E-state index is 5.08. The smallest absolute Gasteiger partial charge is 0.160 e. The highest BCUT2D eigenvalue weighted by molar-refractivity contribution is 6.21. The molecule has 0 spiro atoms. The van der Waals surface area contributed by atoms with Crippen LogP contribution >= 0.6 is 0 Å². The van der Waals surface area contributed by atoms with E-state index in [2.05, 4.69) is 163 Å². The molecule has 2 aromatic heterocycles. The largest absolute Gasteiger partial charge is 0.265 e. The van der Waals surface area contributed by atoms with Crippen molar-refractivity contribution < 1.29 is 0 Å². The van der Waals surface area contributed by atoms with E-state index < -0.39 is 0 Å². The lowest BCUT2D eigenvalue weighted by atomic mass is 9.88. The number of aromatic nitrogens is 3. The van der Waals surface area contributed by atoms with Crippen LogP contribution in [0.15, 0.2) is 200 Å². The molecule has 10 rings (SSSR count). The zero-order chi connectivity index (χ0) is 35.8. The highest BCUT2D eigenvalue weighted by atomic mass is 14.9. The Kier molecular flexibility index (Phi) is 7.81. The summed E-state index contributed by atoms with van der Waals surface area (Å²) >= 11 is 0. The molecule has 0 saturated heterocycles. The number of hydrogen-bond acceptors (Lipinski definition) is 3. The summed E-state index contributed by atoms with van der Waals surface area (Å²) in [5, 5.41) is 7.60. The lowest BCUT2D eigenvalue weighted by Crippen LogP contribution is -1.96. The summed E-state index contributed by atoms with van der Waals surface area (Å²) in [5.74, 6) is 0.700. The van der Waals surface area contributed by atoms with Gasteiger partial charge in [-0.2, -0.15) is 0 Å². The van der Waals surface area contributed by atoms with Crippen molar-refractivity contribution in [3.8, 4) is 67.3 Å². The third-order valence-electron chi connectivity index (χ3n) is 10.4. The maximum absolute atomic E-state index is 5.08. The first-order chi connectivity index (χ1) is 26.7. The number of pyridine rings is 1. The van der Waals surface area contributed by atoms with Gasteiger partial charge in [0.1, 0.15) is 0 Å². The fourth-order valence-corrected chi connectivity index (χ4v) is 7.66. The molecule has 0 unspecified atom stereocenters. The van der Waals surface area contributed by atoms with Gasteiger partial charge in [-0.05, 0) is 96.0 Å². The van der Waals surface area contributed by atoms with Crippen molar-refractivity contribution in [3.63, 3.8) is 0 Å². The van der Waals surface area contributed by atoms with E-state index >= 15 is 0 Å². The first-order valence-corrected chi connectivity index (χ1v) is 18.2. The molecule has 0 radical (unpaired) electrons. The topological polar surface area (TPSA) is 38.7 Å². The van der Waals surface area contributed by atoms with Crippen molar-refractivity contribution in [2.24, 2.45) is 0 Å². The average molecular weight is 688 g/mol. The SMILES string of the molecule is c1ccc(-c2nc(-c3ccc(-c4ccc(-c5c6ccccc6cc6ccc7ccccc7c56)cc4)cc3)cc(-c3cccc(-c4ccncc4)c3)n2)cc1. The molecule has 3 heteroatoms. The first-order valence-electron chi connectivity index (χ1n) is 18.2. The molecule has 0 amide bonds. The second kappa shape index (κ2) is 13.4. The molecule has 8 aromatic carbocycles. The van der Waals surface area contributed by atoms with Gasteiger partial charge in [0.15, 0.2) is 5.82 Å². The van der Waals surface area contributed by atoms with E-state index in [-0.39, 0.29) is 0 Å². The number of hydrogen-bond donors (Lipinski definition) is 0. The first kappa shape index (κ1) is 31.5. The lowest BCUT2D eigenvalue weighted by Gasteiger charge is -2.15. The van der Waals surface area contributed by atoms with Crippen LogP contribution in [0.5, 0.6) is 0 Å². The third kappa shape index (κ3) is 5.78. The van der Waals surface area contributed by atoms with Gasteiger partial charge >= 0.3 is 0 Å². The molecular formula is C51H33N3. The van der Waals surface area contributed by atoms with E-state index in [1.54, 1.807) is 0 Å². The van der Waals surface area contributed by atoms with Gasteiger partial charge in [0, 0.05) is 29.1 Å². The van der Waals surface area contributed by atoms with E-state index in [0.717, 1.165) is 44.8 Å². The molecule has 3 nitrogen and oxygen atoms in total. The van der Waals surface area contributed by atoms with Crippen molar-refractivity contribution in [3.05, 3.63) is 200 Å². The third-order valence-corrected chi connectivity index (χ3v) is 10.4. The van der Waals surface area contributed by atoms with Crippen LogP contribution in [-0.2, 0) is 0 Å². The molecule has 252 valence electrons. The Morgan fingerprint density at radius 1 is 0.296 bits per heavy atom. The average Bonchev–Trinajstić information content (AvgIpc) is 3.26. The molecule has 0 aliphatic rings. The summed E-state index contributed by atoms with van der Waals surface area (Å²) in [7, 11) is 0. The predicted molar refractivity (Wildman–Crippen MR) is 225 cm³/mol. The standard InChI is InChI=1S/C51H33N3/c1-2-10-40(11-3-1)51-53-47(33-48(54-51)43-14-8-13-41(31-43)36-27-29-52-30-28-36)38-22-17-34(18-23-38)35-19-24-39(25-20-35)49-46-16-7-5-12-42(46)32-44-26-21-37-9-4-6-15-45(37)50(44)49/h1-33H. The number of nitrogens with zero attached hydrogens (tertiary/aromatic N) is 3. The molecule has 10 aromatic rings. The number of rotatable bonds is 6. The van der Waals surface area contributed by atoms with Crippen LogP contribution in [0.4, 0.5) is 0 Å². The fourth-order valence-electron chi connectivity index (χ4n) is 7.66. The summed E-state index contributed by atoms with van der Waals surface area (Å²) in [6, 6.07) is 66.9. The monoisotopic (exact) mass is 687 g/mol. The summed E-state index contributed by atoms with van der Waals surface area (Å²) in [6.45, 7) is 0. The van der Waals surface area contributed by atoms with Gasteiger partial charge in [0.2, 0.25) is 0 Å². The summed E-state index contributed by atoms with van der Waals surface area (Å²) in [5.41, 5.74) is 11.9. The minimum atomic E-state index is 0.700. The predicted octanol–water partition coefficient (Wildman–Crippen LogP) is 13.3. The van der Waals surface area contributed by atoms with Gasteiger partial charge in [0.05, 0.1) is 11.4 Å². The van der Waals surface area contributed by atoms with Crippen LogP contribution in [0.25, 0.3) is 99.6 Å². The molecular weight excluding hydrogens is 655 g/mol. The minimum absolute atomic E-state index is 0.700. The molecule has 0 saturated carbocycles. The van der Waals surface area contributed by atoms with Crippen LogP contribution in [-0.4, -0.2) is 15.0 Å². The highest BCUT2D eigenvalue weighted by Gasteiger charge is 2.15. The van der Waals surface area contributed by atoms with Gasteiger partial charge in [-0.15, -0.1) is 0 Å². The Labute approximate surface area is 313 Å². The Morgan fingerprint density at radius 2 is 0.852 bits per heavy atom. The van der Waals surface area contributed by atoms with Gasteiger partial charge in [-0.3, -0.25) is 4.98 Å². The van der Waals surface area contributed by atoms with Crippen LogP contribution in [0.3, 0.4) is 0 Å². The van der Waals surface area contributed by atoms with E-state index in [1.165, 1.54) is 49.0 Å². The highest BCUT2D eigenvalue weighted by Crippen LogP contribution is 2.41. The van der Waals surface area contributed by atoms with Crippen molar-refractivity contribution in [1.82, 2.24) is 15.0 Å². The van der Waals surface area contributed by atoms with Crippen molar-refractivity contribution in [1.29, 1.82) is 0 Å². The second-order valence-electron chi connectivity index (χ2n) is 13.7. The molecule has 0 bridgehead atoms.